The van der Waals surface area contributed by atoms with Crippen molar-refractivity contribution in [1.29, 1.82) is 0 Å². The number of nitrogens with zero attached hydrogens (tertiary/aromatic N) is 1. The Morgan fingerprint density at radius 3 is 2.71 bits per heavy atom. The maximum Gasteiger partial charge on any atom is 0.321 e. The molecule has 2 N–H and O–H groups in total. The van der Waals surface area contributed by atoms with Gasteiger partial charge in [-0.05, 0) is 37.6 Å². The van der Waals surface area contributed by atoms with Crippen molar-refractivity contribution in [3.05, 3.63) is 29.8 Å². The summed E-state index contributed by atoms with van der Waals surface area (Å²) in [6.07, 6.45) is -1.50. The number of hydrogen-bond acceptors (Lipinski definition) is 2. The smallest absolute Gasteiger partial charge is 0.321 e. The van der Waals surface area contributed by atoms with Crippen LogP contribution in [0.2, 0.25) is 0 Å². The van der Waals surface area contributed by atoms with Crippen molar-refractivity contribution in [2.24, 2.45) is 0 Å². The predicted octanol–water partition coefficient (Wildman–Crippen LogP) is 3.48. The van der Waals surface area contributed by atoms with E-state index in [1.165, 1.54) is 7.05 Å². The fourth-order valence-electron chi connectivity index (χ4n) is 1.87. The van der Waals surface area contributed by atoms with Crippen molar-refractivity contribution in [2.45, 2.75) is 32.7 Å². The van der Waals surface area contributed by atoms with Gasteiger partial charge in [0.2, 0.25) is 0 Å². The maximum atomic E-state index is 12.2. The number of urea groups is 1. The van der Waals surface area contributed by atoms with Crippen LogP contribution >= 0.6 is 0 Å². The van der Waals surface area contributed by atoms with Crippen LogP contribution in [-0.4, -0.2) is 37.5 Å². The van der Waals surface area contributed by atoms with E-state index in [1.54, 1.807) is 6.07 Å². The molecule has 2 amide bonds. The number of carbonyl (C=O) groups is 1. The molecule has 0 saturated heterocycles. The highest BCUT2D eigenvalue weighted by molar-refractivity contribution is 5.89. The number of carbonyl (C=O) groups excluding carboxylic acids is 1. The van der Waals surface area contributed by atoms with Gasteiger partial charge >= 0.3 is 6.03 Å². The van der Waals surface area contributed by atoms with Crippen molar-refractivity contribution < 1.29 is 13.6 Å². The minimum absolute atomic E-state index is 0.167. The highest BCUT2D eigenvalue weighted by Gasteiger charge is 2.14. The minimum atomic E-state index is -2.54. The van der Waals surface area contributed by atoms with E-state index in [4.69, 9.17) is 0 Å². The Bertz CT molecular complexity index is 454. The zero-order valence-electron chi connectivity index (χ0n) is 12.7. The summed E-state index contributed by atoms with van der Waals surface area (Å²) in [6, 6.07) is 7.02. The van der Waals surface area contributed by atoms with Crippen LogP contribution in [0.15, 0.2) is 24.3 Å². The number of benzene rings is 1. The Kier molecular flexibility index (Phi) is 7.08. The molecule has 0 heterocycles. The molecular formula is C15H23F2N3O. The summed E-state index contributed by atoms with van der Waals surface area (Å²) in [5.41, 5.74) is 1.64. The van der Waals surface area contributed by atoms with E-state index in [0.717, 1.165) is 23.4 Å². The molecule has 1 unspecified atom stereocenters. The van der Waals surface area contributed by atoms with Gasteiger partial charge in [-0.1, -0.05) is 19.1 Å². The largest absolute Gasteiger partial charge is 0.322 e. The standard InChI is InChI=1S/C15H23F2N3O/c1-4-8-18-11(2)12-6-5-7-13(9-12)19-15(21)20(3)10-14(16)17/h5-7,9,11,14,18H,4,8,10H2,1-3H3,(H,19,21). The number of nitrogens with one attached hydrogen (secondary N) is 2. The van der Waals surface area contributed by atoms with Crippen LogP contribution in [0.4, 0.5) is 19.3 Å². The Balaban J connectivity index is 2.65. The van der Waals surface area contributed by atoms with Gasteiger partial charge < -0.3 is 15.5 Å². The van der Waals surface area contributed by atoms with Crippen molar-refractivity contribution >= 4 is 11.7 Å². The molecule has 0 saturated carbocycles. The lowest BCUT2D eigenvalue weighted by Crippen LogP contribution is -2.34. The quantitative estimate of drug-likeness (QED) is 0.809. The van der Waals surface area contributed by atoms with Crippen LogP contribution in [0.3, 0.4) is 0 Å². The van der Waals surface area contributed by atoms with Crippen molar-refractivity contribution in [3.63, 3.8) is 0 Å². The van der Waals surface area contributed by atoms with Crippen LogP contribution in [0.1, 0.15) is 31.9 Å². The van der Waals surface area contributed by atoms with E-state index in [0.29, 0.717) is 5.69 Å². The molecule has 1 atom stereocenters. The van der Waals surface area contributed by atoms with Gasteiger partial charge in [-0.25, -0.2) is 13.6 Å². The molecule has 0 aromatic heterocycles. The normalized spacial score (nSPS) is 12.3. The summed E-state index contributed by atoms with van der Waals surface area (Å²) in [5, 5.41) is 5.98. The molecule has 1 aromatic rings. The average molecular weight is 299 g/mol. The van der Waals surface area contributed by atoms with Gasteiger partial charge in [-0.2, -0.15) is 0 Å². The van der Waals surface area contributed by atoms with Crippen LogP contribution in [0.5, 0.6) is 0 Å². The SMILES string of the molecule is CCCNC(C)c1cccc(NC(=O)N(C)CC(F)F)c1. The lowest BCUT2D eigenvalue weighted by atomic mass is 10.1. The minimum Gasteiger partial charge on any atom is -0.322 e. The molecule has 0 aliphatic heterocycles. The van der Waals surface area contributed by atoms with Gasteiger partial charge in [0.25, 0.3) is 6.43 Å². The van der Waals surface area contributed by atoms with Crippen LogP contribution in [0, 0.1) is 0 Å². The second-order valence-electron chi connectivity index (χ2n) is 5.00. The summed E-state index contributed by atoms with van der Waals surface area (Å²) >= 11 is 0. The third-order valence-corrected chi connectivity index (χ3v) is 3.10. The maximum absolute atomic E-state index is 12.2. The summed E-state index contributed by atoms with van der Waals surface area (Å²) in [7, 11) is 1.34. The second kappa shape index (κ2) is 8.56. The molecule has 21 heavy (non-hydrogen) atoms. The molecule has 4 nitrogen and oxygen atoms in total. The molecular weight excluding hydrogens is 276 g/mol. The Hall–Kier alpha value is -1.69. The molecule has 6 heteroatoms. The van der Waals surface area contributed by atoms with Gasteiger partial charge in [-0.15, -0.1) is 0 Å². The van der Waals surface area contributed by atoms with Gasteiger partial charge in [0.15, 0.2) is 0 Å². The number of rotatable bonds is 7. The number of halogens is 2. The summed E-state index contributed by atoms with van der Waals surface area (Å²) in [5.74, 6) is 0. The second-order valence-corrected chi connectivity index (χ2v) is 5.00. The van der Waals surface area contributed by atoms with Crippen LogP contribution in [0.25, 0.3) is 0 Å². The average Bonchev–Trinajstić information content (AvgIpc) is 2.44. The van der Waals surface area contributed by atoms with Crippen LogP contribution < -0.4 is 10.6 Å². The van der Waals surface area contributed by atoms with Crippen molar-refractivity contribution in [2.75, 3.05) is 25.5 Å². The Labute approximate surface area is 124 Å². The predicted molar refractivity (Wildman–Crippen MR) is 80.8 cm³/mol. The van der Waals surface area contributed by atoms with Crippen molar-refractivity contribution in [3.8, 4) is 0 Å². The zero-order chi connectivity index (χ0) is 15.8. The number of amides is 2. The van der Waals surface area contributed by atoms with E-state index in [2.05, 4.69) is 17.6 Å². The molecule has 0 spiro atoms. The molecule has 0 fully saturated rings. The first-order valence-electron chi connectivity index (χ1n) is 7.07. The van der Waals surface area contributed by atoms with Gasteiger partial charge in [0.1, 0.15) is 0 Å². The number of anilines is 1. The summed E-state index contributed by atoms with van der Waals surface area (Å²) in [6.45, 7) is 4.46. The molecule has 0 aliphatic carbocycles. The molecule has 0 bridgehead atoms. The fraction of sp³-hybridized carbons (Fsp3) is 0.533. The van der Waals surface area contributed by atoms with E-state index in [-0.39, 0.29) is 6.04 Å². The third-order valence-electron chi connectivity index (χ3n) is 3.10. The molecule has 0 aliphatic rings. The Morgan fingerprint density at radius 2 is 2.10 bits per heavy atom. The summed E-state index contributed by atoms with van der Waals surface area (Å²) in [4.78, 5) is 12.7. The number of hydrogen-bond donors (Lipinski definition) is 2. The van der Waals surface area contributed by atoms with E-state index >= 15 is 0 Å². The first kappa shape index (κ1) is 17.4. The zero-order valence-corrected chi connectivity index (χ0v) is 12.7. The monoisotopic (exact) mass is 299 g/mol. The lowest BCUT2D eigenvalue weighted by Gasteiger charge is -2.19. The highest BCUT2D eigenvalue weighted by Crippen LogP contribution is 2.17. The van der Waals surface area contributed by atoms with Gasteiger partial charge in [0.05, 0.1) is 6.54 Å². The van der Waals surface area contributed by atoms with Crippen LogP contribution in [-0.2, 0) is 0 Å². The molecule has 1 aromatic carbocycles. The lowest BCUT2D eigenvalue weighted by molar-refractivity contribution is 0.111. The van der Waals surface area contributed by atoms with E-state index in [9.17, 15) is 13.6 Å². The fourth-order valence-corrected chi connectivity index (χ4v) is 1.87. The molecule has 0 radical (unpaired) electrons. The van der Waals surface area contributed by atoms with Gasteiger partial charge in [-0.3, -0.25) is 0 Å². The van der Waals surface area contributed by atoms with E-state index < -0.39 is 19.0 Å². The van der Waals surface area contributed by atoms with Gasteiger partial charge in [0, 0.05) is 18.8 Å². The summed E-state index contributed by atoms with van der Waals surface area (Å²) < 4.78 is 24.5. The highest BCUT2D eigenvalue weighted by atomic mass is 19.3. The Morgan fingerprint density at radius 1 is 1.38 bits per heavy atom. The number of alkyl halides is 2. The van der Waals surface area contributed by atoms with Crippen molar-refractivity contribution in [1.82, 2.24) is 10.2 Å². The molecule has 118 valence electrons. The first-order valence-corrected chi connectivity index (χ1v) is 7.07. The molecule has 1 rings (SSSR count). The van der Waals surface area contributed by atoms with E-state index in [1.807, 2.05) is 25.1 Å². The third kappa shape index (κ3) is 6.08. The first-order chi connectivity index (χ1) is 9.93. The topological polar surface area (TPSA) is 44.4 Å².